The third kappa shape index (κ3) is 4.32. The summed E-state index contributed by atoms with van der Waals surface area (Å²) in [6.45, 7) is 0. The van der Waals surface area contributed by atoms with E-state index in [1.807, 2.05) is 42.5 Å². The van der Waals surface area contributed by atoms with Gasteiger partial charge in [-0.05, 0) is 35.9 Å². The van der Waals surface area contributed by atoms with Crippen LogP contribution in [-0.4, -0.2) is 28.4 Å². The summed E-state index contributed by atoms with van der Waals surface area (Å²) >= 11 is 0. The molecule has 3 aromatic carbocycles. The number of hydrazone groups is 1. The van der Waals surface area contributed by atoms with E-state index in [-0.39, 0.29) is 5.75 Å². The van der Waals surface area contributed by atoms with Gasteiger partial charge in [0.05, 0.1) is 30.1 Å². The number of hydrogen-bond acceptors (Lipinski definition) is 6. The first-order valence-electron chi connectivity index (χ1n) is 9.18. The summed E-state index contributed by atoms with van der Waals surface area (Å²) in [6, 6.07) is 22.8. The fourth-order valence-electron chi connectivity index (χ4n) is 2.96. The van der Waals surface area contributed by atoms with Gasteiger partial charge in [0.1, 0.15) is 11.5 Å². The number of anilines is 1. The Bertz CT molecular complexity index is 1160. The summed E-state index contributed by atoms with van der Waals surface area (Å²) in [4.78, 5) is 9.46. The molecule has 4 aromatic rings. The van der Waals surface area contributed by atoms with Crippen LogP contribution in [0.25, 0.3) is 11.0 Å². The summed E-state index contributed by atoms with van der Waals surface area (Å²) in [5.41, 5.74) is 7.06. The summed E-state index contributed by atoms with van der Waals surface area (Å²) in [5, 5.41) is 14.3. The average molecular weight is 384 g/mol. The monoisotopic (exact) mass is 384 g/mol. The SMILES string of the molecule is COc1ccc(O)c(/C=N\Nc2nc3ccccc3nc2Cc2ccccc2)c1. The van der Waals surface area contributed by atoms with E-state index in [0.29, 0.717) is 23.6 Å². The van der Waals surface area contributed by atoms with Crippen LogP contribution in [0.3, 0.4) is 0 Å². The molecule has 2 N–H and O–H groups in total. The summed E-state index contributed by atoms with van der Waals surface area (Å²) < 4.78 is 5.19. The molecule has 0 spiro atoms. The smallest absolute Gasteiger partial charge is 0.169 e. The van der Waals surface area contributed by atoms with E-state index in [4.69, 9.17) is 9.72 Å². The van der Waals surface area contributed by atoms with Crippen molar-refractivity contribution in [3.63, 3.8) is 0 Å². The number of benzene rings is 3. The van der Waals surface area contributed by atoms with Gasteiger partial charge in [0.25, 0.3) is 0 Å². The first-order chi connectivity index (χ1) is 14.2. The van der Waals surface area contributed by atoms with Crippen LogP contribution in [0.15, 0.2) is 77.9 Å². The molecule has 1 aromatic heterocycles. The number of nitrogens with one attached hydrogen (secondary N) is 1. The minimum atomic E-state index is 0.116. The molecule has 29 heavy (non-hydrogen) atoms. The lowest BCUT2D eigenvalue weighted by Gasteiger charge is -2.09. The molecule has 0 amide bonds. The zero-order valence-corrected chi connectivity index (χ0v) is 15.9. The zero-order valence-electron chi connectivity index (χ0n) is 15.9. The molecule has 0 aliphatic carbocycles. The second kappa shape index (κ2) is 8.39. The molecule has 6 heteroatoms. The Kier molecular flexibility index (Phi) is 5.33. The second-order valence-corrected chi connectivity index (χ2v) is 6.46. The van der Waals surface area contributed by atoms with Crippen LogP contribution >= 0.6 is 0 Å². The van der Waals surface area contributed by atoms with Crippen LogP contribution < -0.4 is 10.2 Å². The molecule has 0 fully saturated rings. The molecule has 0 unspecified atom stereocenters. The minimum Gasteiger partial charge on any atom is -0.507 e. The van der Waals surface area contributed by atoms with Gasteiger partial charge in [-0.1, -0.05) is 42.5 Å². The molecule has 4 rings (SSSR count). The number of fused-ring (bicyclic) bond motifs is 1. The van der Waals surface area contributed by atoms with E-state index in [0.717, 1.165) is 22.3 Å². The lowest BCUT2D eigenvalue weighted by molar-refractivity contribution is 0.412. The molecule has 6 nitrogen and oxygen atoms in total. The van der Waals surface area contributed by atoms with Crippen molar-refractivity contribution in [2.45, 2.75) is 6.42 Å². The van der Waals surface area contributed by atoms with Crippen LogP contribution in [0.4, 0.5) is 5.82 Å². The van der Waals surface area contributed by atoms with Gasteiger partial charge in [0.15, 0.2) is 5.82 Å². The summed E-state index contributed by atoms with van der Waals surface area (Å²) in [7, 11) is 1.58. The van der Waals surface area contributed by atoms with Crippen LogP contribution in [0.1, 0.15) is 16.8 Å². The first kappa shape index (κ1) is 18.4. The number of hydrogen-bond donors (Lipinski definition) is 2. The molecular weight excluding hydrogens is 364 g/mol. The van der Waals surface area contributed by atoms with Crippen molar-refractivity contribution in [1.82, 2.24) is 9.97 Å². The maximum absolute atomic E-state index is 10.0. The molecule has 0 atom stereocenters. The Morgan fingerprint density at radius 3 is 2.45 bits per heavy atom. The summed E-state index contributed by atoms with van der Waals surface area (Å²) in [6.07, 6.45) is 2.15. The fourth-order valence-corrected chi connectivity index (χ4v) is 2.96. The van der Waals surface area contributed by atoms with E-state index < -0.39 is 0 Å². The molecule has 0 radical (unpaired) electrons. The van der Waals surface area contributed by atoms with E-state index in [9.17, 15) is 5.11 Å². The second-order valence-electron chi connectivity index (χ2n) is 6.46. The third-order valence-electron chi connectivity index (χ3n) is 4.47. The molecule has 0 aliphatic heterocycles. The van der Waals surface area contributed by atoms with Gasteiger partial charge in [-0.25, -0.2) is 9.97 Å². The van der Waals surface area contributed by atoms with Gasteiger partial charge in [-0.15, -0.1) is 0 Å². The number of para-hydroxylation sites is 2. The molecule has 0 saturated heterocycles. The van der Waals surface area contributed by atoms with Crippen LogP contribution in [-0.2, 0) is 6.42 Å². The van der Waals surface area contributed by atoms with Gasteiger partial charge >= 0.3 is 0 Å². The Morgan fingerprint density at radius 2 is 1.69 bits per heavy atom. The lowest BCUT2D eigenvalue weighted by atomic mass is 10.1. The number of rotatable bonds is 6. The van der Waals surface area contributed by atoms with Crippen molar-refractivity contribution >= 4 is 23.1 Å². The summed E-state index contributed by atoms with van der Waals surface area (Å²) in [5.74, 6) is 1.33. The molecule has 0 aliphatic rings. The van der Waals surface area contributed by atoms with Crippen molar-refractivity contribution in [3.8, 4) is 11.5 Å². The Balaban J connectivity index is 1.65. The molecule has 1 heterocycles. The van der Waals surface area contributed by atoms with Gasteiger partial charge in [-0.3, -0.25) is 5.43 Å². The quantitative estimate of drug-likeness (QED) is 0.381. The lowest BCUT2D eigenvalue weighted by Crippen LogP contribution is -2.04. The Hall–Kier alpha value is -3.93. The number of nitrogens with zero attached hydrogens (tertiary/aromatic N) is 3. The number of aromatic hydroxyl groups is 1. The highest BCUT2D eigenvalue weighted by Gasteiger charge is 2.09. The van der Waals surface area contributed by atoms with Crippen LogP contribution in [0.2, 0.25) is 0 Å². The van der Waals surface area contributed by atoms with Crippen molar-refractivity contribution in [2.75, 3.05) is 12.5 Å². The van der Waals surface area contributed by atoms with Gasteiger partial charge < -0.3 is 9.84 Å². The maximum atomic E-state index is 10.0. The van der Waals surface area contributed by atoms with Gasteiger partial charge in [0, 0.05) is 12.0 Å². The molecule has 0 bridgehead atoms. The topological polar surface area (TPSA) is 79.6 Å². The first-order valence-corrected chi connectivity index (χ1v) is 9.18. The molecule has 144 valence electrons. The van der Waals surface area contributed by atoms with E-state index in [1.165, 1.54) is 6.21 Å². The Labute approximate surface area is 168 Å². The average Bonchev–Trinajstić information content (AvgIpc) is 2.76. The number of ether oxygens (including phenoxy) is 1. The number of methoxy groups -OCH3 is 1. The van der Waals surface area contributed by atoms with Crippen molar-refractivity contribution in [1.29, 1.82) is 0 Å². The van der Waals surface area contributed by atoms with Gasteiger partial charge in [-0.2, -0.15) is 5.10 Å². The molecule has 0 saturated carbocycles. The largest absolute Gasteiger partial charge is 0.507 e. The van der Waals surface area contributed by atoms with Gasteiger partial charge in [0.2, 0.25) is 0 Å². The van der Waals surface area contributed by atoms with Crippen LogP contribution in [0.5, 0.6) is 11.5 Å². The predicted octanol–water partition coefficient (Wildman–Crippen LogP) is 4.38. The number of phenolic OH excluding ortho intramolecular Hbond substituents is 1. The third-order valence-corrected chi connectivity index (χ3v) is 4.47. The maximum Gasteiger partial charge on any atom is 0.169 e. The fraction of sp³-hybridized carbons (Fsp3) is 0.0870. The molecular formula is C23H20N4O2. The van der Waals surface area contributed by atoms with Crippen molar-refractivity contribution in [3.05, 3.63) is 89.6 Å². The Morgan fingerprint density at radius 1 is 0.966 bits per heavy atom. The van der Waals surface area contributed by atoms with E-state index >= 15 is 0 Å². The predicted molar refractivity (Wildman–Crippen MR) is 115 cm³/mol. The highest BCUT2D eigenvalue weighted by molar-refractivity contribution is 5.84. The zero-order chi connectivity index (χ0) is 20.1. The number of aromatic nitrogens is 2. The van der Waals surface area contributed by atoms with Crippen LogP contribution in [0, 0.1) is 0 Å². The minimum absolute atomic E-state index is 0.116. The number of phenols is 1. The van der Waals surface area contributed by atoms with E-state index in [2.05, 4.69) is 27.6 Å². The normalized spacial score (nSPS) is 11.1. The highest BCUT2D eigenvalue weighted by Crippen LogP contribution is 2.22. The van der Waals surface area contributed by atoms with Crippen molar-refractivity contribution in [2.24, 2.45) is 5.10 Å². The highest BCUT2D eigenvalue weighted by atomic mass is 16.5. The van der Waals surface area contributed by atoms with Crippen molar-refractivity contribution < 1.29 is 9.84 Å². The van der Waals surface area contributed by atoms with E-state index in [1.54, 1.807) is 25.3 Å². The standard InChI is InChI=1S/C23H20N4O2/c1-29-18-11-12-22(28)17(14-18)15-24-27-23-21(13-16-7-3-2-4-8-16)25-19-9-5-6-10-20(19)26-23/h2-12,14-15,28H,13H2,1H3,(H,26,27)/b24-15-.